The van der Waals surface area contributed by atoms with Gasteiger partial charge < -0.3 is 14.4 Å². The molecule has 4 nitrogen and oxygen atoms in total. The molecule has 0 saturated heterocycles. The van der Waals surface area contributed by atoms with Gasteiger partial charge in [-0.2, -0.15) is 0 Å². The maximum absolute atomic E-state index is 13.1. The lowest BCUT2D eigenvalue weighted by atomic mass is 9.99. The van der Waals surface area contributed by atoms with E-state index in [9.17, 15) is 4.79 Å². The molecule has 1 heterocycles. The molecule has 25 heavy (non-hydrogen) atoms. The molecule has 2 atom stereocenters. The van der Waals surface area contributed by atoms with Crippen molar-refractivity contribution in [1.29, 1.82) is 0 Å². The molecule has 0 aliphatic carbocycles. The van der Waals surface area contributed by atoms with Crippen LogP contribution in [0.1, 0.15) is 25.0 Å². The second-order valence-electron chi connectivity index (χ2n) is 6.68. The molecule has 132 valence electrons. The summed E-state index contributed by atoms with van der Waals surface area (Å²) in [5, 5.41) is 0. The van der Waals surface area contributed by atoms with Gasteiger partial charge in [0.1, 0.15) is 0 Å². The van der Waals surface area contributed by atoms with Gasteiger partial charge in [0.25, 0.3) is 0 Å². The Labute approximate surface area is 149 Å². The summed E-state index contributed by atoms with van der Waals surface area (Å²) in [6, 6.07) is 14.2. The average molecular weight is 339 g/mol. The minimum Gasteiger partial charge on any atom is -0.493 e. The summed E-state index contributed by atoms with van der Waals surface area (Å²) >= 11 is 0. The van der Waals surface area contributed by atoms with E-state index in [1.54, 1.807) is 14.2 Å². The molecule has 0 saturated carbocycles. The first-order valence-corrected chi connectivity index (χ1v) is 8.67. The van der Waals surface area contributed by atoms with Crippen LogP contribution in [0, 0.1) is 5.92 Å². The second-order valence-corrected chi connectivity index (χ2v) is 6.68. The van der Waals surface area contributed by atoms with Crippen LogP contribution in [0.2, 0.25) is 0 Å². The number of fused-ring (bicyclic) bond motifs is 1. The van der Waals surface area contributed by atoms with Crippen LogP contribution in [0.15, 0.2) is 42.5 Å². The Bertz CT molecular complexity index is 771. The van der Waals surface area contributed by atoms with Gasteiger partial charge in [0.2, 0.25) is 5.91 Å². The third kappa shape index (κ3) is 3.34. The van der Waals surface area contributed by atoms with Crippen LogP contribution in [0.4, 0.5) is 5.69 Å². The van der Waals surface area contributed by atoms with Crippen LogP contribution in [0.3, 0.4) is 0 Å². The molecule has 0 spiro atoms. The summed E-state index contributed by atoms with van der Waals surface area (Å²) in [6.45, 7) is 4.10. The Morgan fingerprint density at radius 2 is 1.88 bits per heavy atom. The molecule has 2 aromatic rings. The highest BCUT2D eigenvalue weighted by Gasteiger charge is 2.32. The number of benzene rings is 2. The van der Waals surface area contributed by atoms with Crippen LogP contribution in [-0.4, -0.2) is 26.2 Å². The van der Waals surface area contributed by atoms with Crippen molar-refractivity contribution in [2.24, 2.45) is 5.92 Å². The zero-order valence-corrected chi connectivity index (χ0v) is 15.3. The molecular weight excluding hydrogens is 314 g/mol. The van der Waals surface area contributed by atoms with Crippen LogP contribution >= 0.6 is 0 Å². The largest absolute Gasteiger partial charge is 0.493 e. The Hall–Kier alpha value is -2.49. The zero-order valence-electron chi connectivity index (χ0n) is 15.3. The predicted octanol–water partition coefficient (Wildman–Crippen LogP) is 3.86. The van der Waals surface area contributed by atoms with Gasteiger partial charge in [0.15, 0.2) is 11.5 Å². The smallest absolute Gasteiger partial charge is 0.230 e. The summed E-state index contributed by atoms with van der Waals surface area (Å²) in [5.41, 5.74) is 3.37. The summed E-state index contributed by atoms with van der Waals surface area (Å²) in [4.78, 5) is 15.0. The number of methoxy groups -OCH3 is 2. The minimum atomic E-state index is -0.105. The average Bonchev–Trinajstić information content (AvgIpc) is 2.96. The maximum atomic E-state index is 13.1. The van der Waals surface area contributed by atoms with E-state index in [1.807, 2.05) is 48.2 Å². The molecule has 0 bridgehead atoms. The quantitative estimate of drug-likeness (QED) is 0.830. The number of hydrogen-bond donors (Lipinski definition) is 0. The fourth-order valence-corrected chi connectivity index (χ4v) is 3.59. The van der Waals surface area contributed by atoms with Crippen molar-refractivity contribution in [1.82, 2.24) is 0 Å². The molecule has 1 aliphatic rings. The molecule has 2 aromatic carbocycles. The molecule has 3 rings (SSSR count). The Morgan fingerprint density at radius 3 is 2.60 bits per heavy atom. The number of carbonyl (C=O) groups excluding carboxylic acids is 1. The number of nitrogens with zero attached hydrogens (tertiary/aromatic N) is 1. The number of hydrogen-bond acceptors (Lipinski definition) is 3. The molecule has 0 radical (unpaired) electrons. The summed E-state index contributed by atoms with van der Waals surface area (Å²) in [6.07, 6.45) is 1.59. The molecule has 4 heteroatoms. The van der Waals surface area contributed by atoms with Crippen molar-refractivity contribution >= 4 is 11.6 Å². The van der Waals surface area contributed by atoms with Gasteiger partial charge in [-0.1, -0.05) is 31.2 Å². The number of amides is 1. The number of ether oxygens (including phenoxy) is 2. The van der Waals surface area contributed by atoms with Gasteiger partial charge in [0, 0.05) is 17.6 Å². The molecule has 1 amide bonds. The minimum absolute atomic E-state index is 0.105. The number of para-hydroxylation sites is 1. The first kappa shape index (κ1) is 17.3. The normalized spacial score (nSPS) is 17.1. The highest BCUT2D eigenvalue weighted by Crippen LogP contribution is 2.34. The lowest BCUT2D eigenvalue weighted by molar-refractivity contribution is -0.122. The van der Waals surface area contributed by atoms with Crippen LogP contribution in [-0.2, 0) is 17.6 Å². The Kier molecular flexibility index (Phi) is 4.98. The van der Waals surface area contributed by atoms with Crippen molar-refractivity contribution in [3.8, 4) is 11.5 Å². The first-order valence-electron chi connectivity index (χ1n) is 8.67. The first-order chi connectivity index (χ1) is 12.0. The van der Waals surface area contributed by atoms with Gasteiger partial charge in [-0.25, -0.2) is 0 Å². The molecule has 0 aromatic heterocycles. The van der Waals surface area contributed by atoms with Crippen LogP contribution in [0.25, 0.3) is 0 Å². The molecule has 2 unspecified atom stereocenters. The fraction of sp³-hybridized carbons (Fsp3) is 0.381. The van der Waals surface area contributed by atoms with Gasteiger partial charge in [-0.15, -0.1) is 0 Å². The van der Waals surface area contributed by atoms with Crippen LogP contribution < -0.4 is 14.4 Å². The standard InChI is InChI=1S/C21H25NO3/c1-14(11-16-9-10-19(24-3)20(13-16)25-4)21(23)22-15(2)12-17-7-5-6-8-18(17)22/h5-10,13-15H,11-12H2,1-4H3. The van der Waals surface area contributed by atoms with E-state index in [1.165, 1.54) is 5.56 Å². The van der Waals surface area contributed by atoms with Gasteiger partial charge in [-0.3, -0.25) is 4.79 Å². The topological polar surface area (TPSA) is 38.8 Å². The summed E-state index contributed by atoms with van der Waals surface area (Å²) < 4.78 is 10.6. The fourth-order valence-electron chi connectivity index (χ4n) is 3.59. The predicted molar refractivity (Wildman–Crippen MR) is 99.5 cm³/mol. The molecule has 1 aliphatic heterocycles. The van der Waals surface area contributed by atoms with E-state index in [4.69, 9.17) is 9.47 Å². The summed E-state index contributed by atoms with van der Waals surface area (Å²) in [5.74, 6) is 1.46. The van der Waals surface area contributed by atoms with Crippen molar-refractivity contribution in [3.63, 3.8) is 0 Å². The van der Waals surface area contributed by atoms with Gasteiger partial charge in [0.05, 0.1) is 14.2 Å². The van der Waals surface area contributed by atoms with E-state index < -0.39 is 0 Å². The van der Waals surface area contributed by atoms with Crippen molar-refractivity contribution in [2.75, 3.05) is 19.1 Å². The number of rotatable bonds is 5. The third-order valence-electron chi connectivity index (χ3n) is 4.86. The number of anilines is 1. The Balaban J connectivity index is 1.77. The van der Waals surface area contributed by atoms with Crippen LogP contribution in [0.5, 0.6) is 11.5 Å². The highest BCUT2D eigenvalue weighted by atomic mass is 16.5. The van der Waals surface area contributed by atoms with Gasteiger partial charge in [-0.05, 0) is 49.1 Å². The van der Waals surface area contributed by atoms with E-state index in [-0.39, 0.29) is 17.9 Å². The highest BCUT2D eigenvalue weighted by molar-refractivity contribution is 5.97. The second kappa shape index (κ2) is 7.18. The van der Waals surface area contributed by atoms with E-state index >= 15 is 0 Å². The van der Waals surface area contributed by atoms with Gasteiger partial charge >= 0.3 is 0 Å². The molecular formula is C21H25NO3. The van der Waals surface area contributed by atoms with E-state index in [2.05, 4.69) is 13.0 Å². The van der Waals surface area contributed by atoms with Crippen molar-refractivity contribution < 1.29 is 14.3 Å². The summed E-state index contributed by atoms with van der Waals surface area (Å²) in [7, 11) is 3.24. The lowest BCUT2D eigenvalue weighted by Gasteiger charge is -2.26. The maximum Gasteiger partial charge on any atom is 0.230 e. The third-order valence-corrected chi connectivity index (χ3v) is 4.86. The molecule has 0 N–H and O–H groups in total. The molecule has 0 fully saturated rings. The Morgan fingerprint density at radius 1 is 1.16 bits per heavy atom. The van der Waals surface area contributed by atoms with E-state index in [0.29, 0.717) is 17.9 Å². The zero-order chi connectivity index (χ0) is 18.0. The lowest BCUT2D eigenvalue weighted by Crippen LogP contribution is -2.39. The van der Waals surface area contributed by atoms with Crippen molar-refractivity contribution in [2.45, 2.75) is 32.7 Å². The SMILES string of the molecule is COc1ccc(CC(C)C(=O)N2c3ccccc3CC2C)cc1OC. The van der Waals surface area contributed by atoms with Crippen molar-refractivity contribution in [3.05, 3.63) is 53.6 Å². The van der Waals surface area contributed by atoms with E-state index in [0.717, 1.165) is 17.7 Å². The number of carbonyl (C=O) groups is 1. The monoisotopic (exact) mass is 339 g/mol.